The summed E-state index contributed by atoms with van der Waals surface area (Å²) >= 11 is 4.03. The van der Waals surface area contributed by atoms with Crippen molar-refractivity contribution in [1.29, 1.82) is 0 Å². The van der Waals surface area contributed by atoms with E-state index in [9.17, 15) is 15.0 Å². The van der Waals surface area contributed by atoms with Crippen LogP contribution in [0.3, 0.4) is 0 Å². The van der Waals surface area contributed by atoms with Gasteiger partial charge in [0.1, 0.15) is 5.75 Å². The van der Waals surface area contributed by atoms with Crippen LogP contribution in [0.5, 0.6) is 5.75 Å². The normalized spacial score (nSPS) is 12.3. The number of halogens is 2. The second kappa shape index (κ2) is 7.88. The van der Waals surface area contributed by atoms with E-state index in [1.165, 1.54) is 6.21 Å². The average molecular weight is 522 g/mol. The Hall–Kier alpha value is -1.20. The minimum atomic E-state index is -1.27. The third kappa shape index (κ3) is 4.40. The number of amides is 1. The SMILES string of the molecule is O=C(N/N=C\c1cc(I)c(O)c(I)c1)[C@@H](O)c1ccccc1. The lowest BCUT2D eigenvalue weighted by Gasteiger charge is -2.08. The highest BCUT2D eigenvalue weighted by Gasteiger charge is 2.15. The Morgan fingerprint density at radius 3 is 2.36 bits per heavy atom. The van der Waals surface area contributed by atoms with E-state index in [2.05, 4.69) is 10.5 Å². The fraction of sp³-hybridized carbons (Fsp3) is 0.0667. The molecule has 7 heteroatoms. The van der Waals surface area contributed by atoms with Gasteiger partial charge in [0.15, 0.2) is 6.10 Å². The van der Waals surface area contributed by atoms with Crippen LogP contribution in [0.4, 0.5) is 0 Å². The molecule has 2 aromatic rings. The number of nitrogens with zero attached hydrogens (tertiary/aromatic N) is 1. The summed E-state index contributed by atoms with van der Waals surface area (Å²) < 4.78 is 1.39. The van der Waals surface area contributed by atoms with E-state index in [4.69, 9.17) is 0 Å². The van der Waals surface area contributed by atoms with E-state index in [0.29, 0.717) is 12.7 Å². The van der Waals surface area contributed by atoms with Gasteiger partial charge in [0.2, 0.25) is 0 Å². The summed E-state index contributed by atoms with van der Waals surface area (Å²) in [6.07, 6.45) is 0.192. The van der Waals surface area contributed by atoms with Gasteiger partial charge in [0, 0.05) is 0 Å². The lowest BCUT2D eigenvalue weighted by atomic mass is 10.1. The predicted octanol–water partition coefficient (Wildman–Crippen LogP) is 2.79. The Bertz CT molecular complexity index is 682. The Balaban J connectivity index is 2.02. The van der Waals surface area contributed by atoms with E-state index in [-0.39, 0.29) is 5.75 Å². The van der Waals surface area contributed by atoms with Gasteiger partial charge < -0.3 is 10.2 Å². The van der Waals surface area contributed by atoms with Crippen LogP contribution < -0.4 is 5.43 Å². The third-order valence-corrected chi connectivity index (χ3v) is 4.44. The number of hydrogen-bond donors (Lipinski definition) is 3. The highest BCUT2D eigenvalue weighted by Crippen LogP contribution is 2.26. The zero-order valence-corrected chi connectivity index (χ0v) is 15.5. The van der Waals surface area contributed by atoms with Gasteiger partial charge in [-0.05, 0) is 68.4 Å². The van der Waals surface area contributed by atoms with Crippen LogP contribution in [0.25, 0.3) is 0 Å². The van der Waals surface area contributed by atoms with Crippen LogP contribution in [0, 0.1) is 7.14 Å². The first-order valence-electron chi connectivity index (χ1n) is 6.23. The van der Waals surface area contributed by atoms with Crippen molar-refractivity contribution < 1.29 is 15.0 Å². The predicted molar refractivity (Wildman–Crippen MR) is 101 cm³/mol. The van der Waals surface area contributed by atoms with Crippen LogP contribution in [0.1, 0.15) is 17.2 Å². The molecule has 0 unspecified atom stereocenters. The number of aliphatic hydroxyl groups is 1. The van der Waals surface area contributed by atoms with Crippen LogP contribution >= 0.6 is 45.2 Å². The van der Waals surface area contributed by atoms with Crippen molar-refractivity contribution in [2.45, 2.75) is 6.10 Å². The summed E-state index contributed by atoms with van der Waals surface area (Å²) in [6.45, 7) is 0. The summed E-state index contributed by atoms with van der Waals surface area (Å²) in [7, 11) is 0. The van der Waals surface area contributed by atoms with Gasteiger partial charge in [-0.2, -0.15) is 5.10 Å². The van der Waals surface area contributed by atoms with Crippen molar-refractivity contribution in [3.63, 3.8) is 0 Å². The minimum Gasteiger partial charge on any atom is -0.506 e. The Morgan fingerprint density at radius 2 is 1.77 bits per heavy atom. The van der Waals surface area contributed by atoms with Crippen LogP contribution in [0.2, 0.25) is 0 Å². The van der Waals surface area contributed by atoms with Gasteiger partial charge in [-0.3, -0.25) is 4.79 Å². The molecule has 1 amide bonds. The molecule has 0 aliphatic heterocycles. The van der Waals surface area contributed by atoms with E-state index in [1.807, 2.05) is 45.2 Å². The van der Waals surface area contributed by atoms with Crippen LogP contribution in [-0.2, 0) is 4.79 Å². The standard InChI is InChI=1S/C15H12I2N2O3/c16-11-6-9(7-12(17)14(11)21)8-18-19-15(22)13(20)10-4-2-1-3-5-10/h1-8,13,20-21H,(H,19,22)/b18-8-/t13-/m0/s1. The molecule has 1 atom stereocenters. The number of aliphatic hydroxyl groups excluding tert-OH is 1. The molecular weight excluding hydrogens is 510 g/mol. The monoisotopic (exact) mass is 522 g/mol. The molecule has 2 rings (SSSR count). The molecule has 0 spiro atoms. The molecule has 0 fully saturated rings. The number of carbonyl (C=O) groups excluding carboxylic acids is 1. The molecule has 0 saturated heterocycles. The van der Waals surface area contributed by atoms with Gasteiger partial charge in [0.25, 0.3) is 5.91 Å². The Kier molecular flexibility index (Phi) is 6.15. The highest BCUT2D eigenvalue weighted by molar-refractivity contribution is 14.1. The summed E-state index contributed by atoms with van der Waals surface area (Å²) in [5.74, 6) is -0.382. The number of rotatable bonds is 4. The number of phenols is 1. The topological polar surface area (TPSA) is 81.9 Å². The number of hydrazone groups is 1. The maximum Gasteiger partial charge on any atom is 0.273 e. The Morgan fingerprint density at radius 1 is 1.18 bits per heavy atom. The van der Waals surface area contributed by atoms with Crippen LogP contribution in [-0.4, -0.2) is 22.3 Å². The smallest absolute Gasteiger partial charge is 0.273 e. The minimum absolute atomic E-state index is 0.224. The van der Waals surface area contributed by atoms with Gasteiger partial charge in [-0.15, -0.1) is 0 Å². The molecule has 0 aliphatic carbocycles. The van der Waals surface area contributed by atoms with Crippen molar-refractivity contribution in [3.8, 4) is 5.75 Å². The Labute approximate surface area is 154 Å². The van der Waals surface area contributed by atoms with Crippen molar-refractivity contribution in [2.75, 3.05) is 0 Å². The van der Waals surface area contributed by atoms with E-state index < -0.39 is 12.0 Å². The zero-order valence-electron chi connectivity index (χ0n) is 11.2. The quantitative estimate of drug-likeness (QED) is 0.329. The second-order valence-corrected chi connectivity index (χ2v) is 6.71. The van der Waals surface area contributed by atoms with E-state index in [0.717, 1.165) is 5.56 Å². The molecule has 0 saturated carbocycles. The fourth-order valence-corrected chi connectivity index (χ4v) is 3.49. The summed E-state index contributed by atoms with van der Waals surface area (Å²) in [5, 5.41) is 23.4. The molecule has 5 nitrogen and oxygen atoms in total. The lowest BCUT2D eigenvalue weighted by Crippen LogP contribution is -2.25. The van der Waals surface area contributed by atoms with Crippen molar-refractivity contribution in [3.05, 3.63) is 60.7 Å². The number of benzene rings is 2. The third-order valence-electron chi connectivity index (χ3n) is 2.79. The van der Waals surface area contributed by atoms with E-state index >= 15 is 0 Å². The molecule has 3 N–H and O–H groups in total. The first kappa shape index (κ1) is 17.2. The zero-order chi connectivity index (χ0) is 16.1. The molecule has 0 radical (unpaired) electrons. The molecule has 0 heterocycles. The molecule has 0 bridgehead atoms. The molecule has 0 aromatic heterocycles. The lowest BCUT2D eigenvalue weighted by molar-refractivity contribution is -0.129. The fourth-order valence-electron chi connectivity index (χ4n) is 1.68. The molecule has 2 aromatic carbocycles. The summed E-state index contributed by atoms with van der Waals surface area (Å²) in [6, 6.07) is 12.1. The van der Waals surface area contributed by atoms with E-state index in [1.54, 1.807) is 42.5 Å². The maximum atomic E-state index is 11.8. The summed E-state index contributed by atoms with van der Waals surface area (Å²) in [5.41, 5.74) is 3.54. The average Bonchev–Trinajstić information content (AvgIpc) is 2.52. The molecule has 0 aliphatic rings. The number of nitrogens with one attached hydrogen (secondary N) is 1. The highest BCUT2D eigenvalue weighted by atomic mass is 127. The van der Waals surface area contributed by atoms with Crippen molar-refractivity contribution in [1.82, 2.24) is 5.43 Å². The number of phenolic OH excluding ortho intramolecular Hbond substituents is 1. The first-order chi connectivity index (χ1) is 10.5. The maximum absolute atomic E-state index is 11.8. The summed E-state index contributed by atoms with van der Waals surface area (Å²) in [4.78, 5) is 11.8. The largest absolute Gasteiger partial charge is 0.506 e. The van der Waals surface area contributed by atoms with Crippen LogP contribution in [0.15, 0.2) is 47.6 Å². The molecule has 114 valence electrons. The number of hydrogen-bond acceptors (Lipinski definition) is 4. The second-order valence-electron chi connectivity index (χ2n) is 4.38. The number of aromatic hydroxyl groups is 1. The van der Waals surface area contributed by atoms with Gasteiger partial charge >= 0.3 is 0 Å². The van der Waals surface area contributed by atoms with Crippen molar-refractivity contribution in [2.24, 2.45) is 5.10 Å². The first-order valence-corrected chi connectivity index (χ1v) is 8.38. The number of carbonyl (C=O) groups is 1. The van der Waals surface area contributed by atoms with Gasteiger partial charge in [0.05, 0.1) is 13.4 Å². The van der Waals surface area contributed by atoms with Gasteiger partial charge in [-0.1, -0.05) is 30.3 Å². The molecule has 22 heavy (non-hydrogen) atoms. The van der Waals surface area contributed by atoms with Crippen molar-refractivity contribution >= 4 is 57.3 Å². The van der Waals surface area contributed by atoms with Gasteiger partial charge in [-0.25, -0.2) is 5.43 Å². The molecular formula is C15H12I2N2O3.